The molecule has 3 rings (SSSR count). The lowest BCUT2D eigenvalue weighted by Gasteiger charge is -2.44. The molecule has 0 aromatic heterocycles. The van der Waals surface area contributed by atoms with Gasteiger partial charge in [-0.05, 0) is 29.7 Å². The molecule has 202 valence electrons. The smallest absolute Gasteiger partial charge is 0.414 e. The molecule has 11 heteroatoms. The number of β-lactam (4-membered cyclic amide) rings is 1. The first kappa shape index (κ1) is 28.7. The van der Waals surface area contributed by atoms with E-state index in [2.05, 4.69) is 15.6 Å². The van der Waals surface area contributed by atoms with Crippen LogP contribution in [-0.2, 0) is 32.3 Å². The Labute approximate surface area is 226 Å². The quantitative estimate of drug-likeness (QED) is 0.201. The number of alkyl carbamates (subject to hydrolysis) is 2. The Hall–Kier alpha value is -3.86. The number of likely N-dealkylation sites (tertiary alicyclic amines) is 1. The van der Waals surface area contributed by atoms with Crippen molar-refractivity contribution >= 4 is 41.7 Å². The zero-order chi connectivity index (χ0) is 27.3. The SMILES string of the molecule is CCS[C@@H]1[C@@H](CCCN=C(NC(=O)OCc2ccccc2)NC(=O)OCc2ccccc2)C(=O)N1C(C)=O. The van der Waals surface area contributed by atoms with Crippen LogP contribution < -0.4 is 10.6 Å². The number of guanidine groups is 1. The first-order chi connectivity index (χ1) is 18.4. The predicted molar refractivity (Wildman–Crippen MR) is 144 cm³/mol. The highest BCUT2D eigenvalue weighted by molar-refractivity contribution is 8.00. The van der Waals surface area contributed by atoms with E-state index in [1.807, 2.05) is 67.6 Å². The minimum Gasteiger partial charge on any atom is -0.444 e. The zero-order valence-electron chi connectivity index (χ0n) is 21.4. The number of nitrogens with zero attached hydrogens (tertiary/aromatic N) is 2. The summed E-state index contributed by atoms with van der Waals surface area (Å²) in [5, 5.41) is 4.72. The second-order valence-corrected chi connectivity index (χ2v) is 9.82. The molecule has 2 aromatic carbocycles. The third-order valence-corrected chi connectivity index (χ3v) is 6.85. The maximum atomic E-state index is 12.4. The summed E-state index contributed by atoms with van der Waals surface area (Å²) in [6.07, 6.45) is -0.551. The number of hydrogen-bond donors (Lipinski definition) is 2. The van der Waals surface area contributed by atoms with Gasteiger partial charge in [0.25, 0.3) is 0 Å². The molecule has 4 amide bonds. The number of hydrogen-bond acceptors (Lipinski definition) is 8. The van der Waals surface area contributed by atoms with Gasteiger partial charge in [-0.2, -0.15) is 0 Å². The lowest BCUT2D eigenvalue weighted by atomic mass is 9.93. The van der Waals surface area contributed by atoms with Gasteiger partial charge in [0, 0.05) is 13.5 Å². The van der Waals surface area contributed by atoms with Gasteiger partial charge in [-0.25, -0.2) is 9.59 Å². The summed E-state index contributed by atoms with van der Waals surface area (Å²) in [5.74, 6) is -0.0438. The number of amides is 4. The van der Waals surface area contributed by atoms with E-state index in [1.54, 1.807) is 11.8 Å². The molecule has 1 aliphatic rings. The monoisotopic (exact) mass is 540 g/mol. The Kier molecular flexibility index (Phi) is 11.2. The summed E-state index contributed by atoms with van der Waals surface area (Å²) in [6, 6.07) is 18.3. The van der Waals surface area contributed by atoms with Crippen molar-refractivity contribution in [1.82, 2.24) is 15.5 Å². The summed E-state index contributed by atoms with van der Waals surface area (Å²) in [6.45, 7) is 3.68. The zero-order valence-corrected chi connectivity index (χ0v) is 22.2. The van der Waals surface area contributed by atoms with Crippen LogP contribution in [0.5, 0.6) is 0 Å². The van der Waals surface area contributed by atoms with E-state index < -0.39 is 12.2 Å². The van der Waals surface area contributed by atoms with Crippen molar-refractivity contribution in [3.05, 3.63) is 71.8 Å². The molecule has 1 aliphatic heterocycles. The van der Waals surface area contributed by atoms with Crippen LogP contribution in [0.25, 0.3) is 0 Å². The van der Waals surface area contributed by atoms with E-state index in [-0.39, 0.29) is 48.8 Å². The molecular weight excluding hydrogens is 508 g/mol. The Morgan fingerprint density at radius 3 is 1.92 bits per heavy atom. The van der Waals surface area contributed by atoms with E-state index in [1.165, 1.54) is 11.8 Å². The first-order valence-corrected chi connectivity index (χ1v) is 13.4. The largest absolute Gasteiger partial charge is 0.444 e. The third-order valence-electron chi connectivity index (χ3n) is 5.64. The Balaban J connectivity index is 1.55. The van der Waals surface area contributed by atoms with E-state index in [4.69, 9.17) is 9.47 Å². The van der Waals surface area contributed by atoms with Crippen LogP contribution in [0.2, 0.25) is 0 Å². The van der Waals surface area contributed by atoms with Crippen LogP contribution in [0, 0.1) is 5.92 Å². The molecule has 0 aliphatic carbocycles. The summed E-state index contributed by atoms with van der Waals surface area (Å²) in [7, 11) is 0. The van der Waals surface area contributed by atoms with Crippen molar-refractivity contribution in [2.75, 3.05) is 12.3 Å². The normalized spacial score (nSPS) is 16.2. The van der Waals surface area contributed by atoms with Gasteiger partial charge >= 0.3 is 12.2 Å². The van der Waals surface area contributed by atoms with Crippen molar-refractivity contribution in [1.29, 1.82) is 0 Å². The maximum absolute atomic E-state index is 12.4. The van der Waals surface area contributed by atoms with Crippen LogP contribution in [0.1, 0.15) is 37.8 Å². The molecule has 38 heavy (non-hydrogen) atoms. The number of carbonyl (C=O) groups is 4. The van der Waals surface area contributed by atoms with E-state index in [9.17, 15) is 19.2 Å². The Morgan fingerprint density at radius 2 is 1.45 bits per heavy atom. The van der Waals surface area contributed by atoms with Crippen molar-refractivity contribution in [3.8, 4) is 0 Å². The number of rotatable bonds is 10. The van der Waals surface area contributed by atoms with Crippen molar-refractivity contribution in [3.63, 3.8) is 0 Å². The fraction of sp³-hybridized carbons (Fsp3) is 0.370. The number of nitrogens with one attached hydrogen (secondary N) is 2. The highest BCUT2D eigenvalue weighted by Gasteiger charge is 2.48. The van der Waals surface area contributed by atoms with Gasteiger partial charge in [0.05, 0.1) is 11.3 Å². The number of imide groups is 1. The summed E-state index contributed by atoms with van der Waals surface area (Å²) in [4.78, 5) is 54.4. The van der Waals surface area contributed by atoms with Gasteiger partial charge in [0.15, 0.2) is 0 Å². The summed E-state index contributed by atoms with van der Waals surface area (Å²) >= 11 is 1.56. The minimum atomic E-state index is -0.790. The molecule has 0 radical (unpaired) electrons. The fourth-order valence-electron chi connectivity index (χ4n) is 3.81. The van der Waals surface area contributed by atoms with E-state index in [0.29, 0.717) is 12.8 Å². The molecule has 1 fully saturated rings. The standard InChI is InChI=1S/C27H32N4O6S/c1-3-38-24-22(23(33)31(24)19(2)32)15-10-16-28-25(29-26(34)36-17-20-11-6-4-7-12-20)30-27(35)37-18-21-13-8-5-9-14-21/h4-9,11-14,22,24H,3,10,15-18H2,1-2H3,(H2,28,29,30,34,35)/t22-,24+/m0/s1. The molecule has 0 bridgehead atoms. The Morgan fingerprint density at radius 1 is 0.921 bits per heavy atom. The van der Waals surface area contributed by atoms with E-state index >= 15 is 0 Å². The van der Waals surface area contributed by atoms with Gasteiger partial charge in [0.2, 0.25) is 17.8 Å². The van der Waals surface area contributed by atoms with Crippen molar-refractivity contribution < 1.29 is 28.7 Å². The molecule has 0 unspecified atom stereocenters. The molecule has 1 saturated heterocycles. The fourth-order valence-corrected chi connectivity index (χ4v) is 5.04. The van der Waals surface area contributed by atoms with Crippen LogP contribution >= 0.6 is 11.8 Å². The molecule has 2 aromatic rings. The molecular formula is C27H32N4O6S. The average molecular weight is 541 g/mol. The second-order valence-electron chi connectivity index (χ2n) is 8.43. The minimum absolute atomic E-state index is 0.0470. The first-order valence-electron chi connectivity index (χ1n) is 12.3. The van der Waals surface area contributed by atoms with Gasteiger partial charge < -0.3 is 9.47 Å². The van der Waals surface area contributed by atoms with Gasteiger partial charge in [-0.3, -0.25) is 30.1 Å². The number of aliphatic imine (C=N–C) groups is 1. The van der Waals surface area contributed by atoms with Crippen molar-refractivity contribution in [2.24, 2.45) is 10.9 Å². The number of thioether (sulfide) groups is 1. The molecule has 0 saturated carbocycles. The third kappa shape index (κ3) is 8.62. The summed E-state index contributed by atoms with van der Waals surface area (Å²) in [5.41, 5.74) is 1.61. The average Bonchev–Trinajstić information content (AvgIpc) is 2.91. The predicted octanol–water partition coefficient (Wildman–Crippen LogP) is 4.06. The van der Waals surface area contributed by atoms with Crippen LogP contribution in [0.3, 0.4) is 0 Å². The molecule has 10 nitrogen and oxygen atoms in total. The van der Waals surface area contributed by atoms with E-state index in [0.717, 1.165) is 16.9 Å². The van der Waals surface area contributed by atoms with Gasteiger partial charge in [-0.15, -0.1) is 11.8 Å². The Bertz CT molecular complexity index is 1070. The molecule has 2 N–H and O–H groups in total. The number of carbonyl (C=O) groups excluding carboxylic acids is 4. The molecule has 2 atom stereocenters. The lowest BCUT2D eigenvalue weighted by Crippen LogP contribution is -2.61. The summed E-state index contributed by atoms with van der Waals surface area (Å²) < 4.78 is 10.4. The van der Waals surface area contributed by atoms with Gasteiger partial charge in [0.1, 0.15) is 13.2 Å². The topological polar surface area (TPSA) is 126 Å². The molecule has 1 heterocycles. The van der Waals surface area contributed by atoms with Crippen LogP contribution in [0.4, 0.5) is 9.59 Å². The maximum Gasteiger partial charge on any atom is 0.414 e. The lowest BCUT2D eigenvalue weighted by molar-refractivity contribution is -0.160. The highest BCUT2D eigenvalue weighted by Crippen LogP contribution is 2.37. The van der Waals surface area contributed by atoms with Crippen molar-refractivity contribution in [2.45, 2.75) is 45.3 Å². The number of benzene rings is 2. The second kappa shape index (κ2) is 14.8. The number of ether oxygens (including phenoxy) is 2. The van der Waals surface area contributed by atoms with Gasteiger partial charge in [-0.1, -0.05) is 67.6 Å². The van der Waals surface area contributed by atoms with Crippen LogP contribution in [0.15, 0.2) is 65.7 Å². The van der Waals surface area contributed by atoms with Crippen LogP contribution in [-0.4, -0.2) is 52.5 Å². The highest BCUT2D eigenvalue weighted by atomic mass is 32.2. The molecule has 0 spiro atoms.